The highest BCUT2D eigenvalue weighted by atomic mass is 35.5. The van der Waals surface area contributed by atoms with E-state index in [0.717, 1.165) is 0 Å². The third-order valence-corrected chi connectivity index (χ3v) is 3.64. The predicted octanol–water partition coefficient (Wildman–Crippen LogP) is -0.338. The maximum absolute atomic E-state index is 11.3. The van der Waals surface area contributed by atoms with Crippen LogP contribution < -0.4 is 10.1 Å². The number of para-hydroxylation sites is 1. The van der Waals surface area contributed by atoms with E-state index in [1.54, 1.807) is 24.3 Å². The van der Waals surface area contributed by atoms with Crippen LogP contribution >= 0.6 is 11.6 Å². The third-order valence-electron chi connectivity index (χ3n) is 3.33. The quantitative estimate of drug-likeness (QED) is 0.601. The van der Waals surface area contributed by atoms with Crippen molar-refractivity contribution in [3.8, 4) is 5.75 Å². The maximum atomic E-state index is 11.3. The Morgan fingerprint density at radius 2 is 2.05 bits per heavy atom. The zero-order valence-electron chi connectivity index (χ0n) is 11.8. The Bertz CT molecular complexity index is 528. The molecule has 0 aromatic heterocycles. The van der Waals surface area contributed by atoms with Crippen molar-refractivity contribution in [2.45, 2.75) is 37.6 Å². The lowest BCUT2D eigenvalue weighted by Crippen LogP contribution is -2.65. The van der Waals surface area contributed by atoms with Crippen molar-refractivity contribution >= 4 is 17.5 Å². The molecule has 22 heavy (non-hydrogen) atoms. The second-order valence-corrected chi connectivity index (χ2v) is 5.39. The number of ether oxygens (including phenoxy) is 2. The second kappa shape index (κ2) is 7.26. The molecule has 1 heterocycles. The number of benzene rings is 1. The van der Waals surface area contributed by atoms with Crippen LogP contribution in [0.5, 0.6) is 5.75 Å². The number of hydrogen-bond donors (Lipinski definition) is 4. The van der Waals surface area contributed by atoms with Gasteiger partial charge in [0.2, 0.25) is 12.2 Å². The first-order chi connectivity index (χ1) is 10.4. The van der Waals surface area contributed by atoms with Crippen LogP contribution in [-0.4, -0.2) is 58.5 Å². The topological polar surface area (TPSA) is 108 Å². The van der Waals surface area contributed by atoms with Gasteiger partial charge in [0.15, 0.2) is 0 Å². The molecule has 1 aliphatic rings. The fourth-order valence-electron chi connectivity index (χ4n) is 2.24. The molecule has 0 saturated carbocycles. The molecule has 4 N–H and O–H groups in total. The zero-order valence-corrected chi connectivity index (χ0v) is 12.6. The van der Waals surface area contributed by atoms with Crippen molar-refractivity contribution < 1.29 is 29.6 Å². The third kappa shape index (κ3) is 3.68. The summed E-state index contributed by atoms with van der Waals surface area (Å²) in [4.78, 5) is 11.3. The van der Waals surface area contributed by atoms with Crippen LogP contribution in [0, 0.1) is 0 Å². The van der Waals surface area contributed by atoms with E-state index in [2.05, 4.69) is 5.32 Å². The van der Waals surface area contributed by atoms with Crippen LogP contribution in [0.15, 0.2) is 24.3 Å². The van der Waals surface area contributed by atoms with Crippen molar-refractivity contribution in [3.05, 3.63) is 29.3 Å². The standard InChI is InChI=1S/C14H18ClNO6/c1-7(18)16-11-13(20)12(19)10(6-17)22-14(11)21-9-5-3-2-4-8(9)15/h2-5,10-14,17,19-20H,6H2,1H3,(H,16,18). The molecule has 1 amide bonds. The summed E-state index contributed by atoms with van der Waals surface area (Å²) in [6.07, 6.45) is -4.86. The second-order valence-electron chi connectivity index (χ2n) is 4.98. The van der Waals surface area contributed by atoms with E-state index < -0.39 is 43.2 Å². The zero-order chi connectivity index (χ0) is 16.3. The molecule has 122 valence electrons. The van der Waals surface area contributed by atoms with Crippen LogP contribution in [0.2, 0.25) is 5.02 Å². The lowest BCUT2D eigenvalue weighted by atomic mass is 9.97. The number of aliphatic hydroxyl groups is 3. The van der Waals surface area contributed by atoms with E-state index in [-0.39, 0.29) is 0 Å². The molecule has 0 radical (unpaired) electrons. The summed E-state index contributed by atoms with van der Waals surface area (Å²) in [6, 6.07) is 5.62. The Balaban J connectivity index is 2.23. The van der Waals surface area contributed by atoms with Gasteiger partial charge >= 0.3 is 0 Å². The highest BCUT2D eigenvalue weighted by Crippen LogP contribution is 2.28. The van der Waals surface area contributed by atoms with Crippen molar-refractivity contribution in [2.24, 2.45) is 0 Å². The van der Waals surface area contributed by atoms with Gasteiger partial charge < -0.3 is 30.1 Å². The molecule has 1 aromatic carbocycles. The summed E-state index contributed by atoms with van der Waals surface area (Å²) < 4.78 is 11.0. The van der Waals surface area contributed by atoms with E-state index in [1.165, 1.54) is 6.92 Å². The molecule has 0 bridgehead atoms. The number of amides is 1. The fourth-order valence-corrected chi connectivity index (χ4v) is 2.42. The van der Waals surface area contributed by atoms with Gasteiger partial charge in [0.05, 0.1) is 11.6 Å². The van der Waals surface area contributed by atoms with Gasteiger partial charge in [0.25, 0.3) is 0 Å². The summed E-state index contributed by atoms with van der Waals surface area (Å²) >= 11 is 6.00. The average Bonchev–Trinajstić information content (AvgIpc) is 2.48. The van der Waals surface area contributed by atoms with Crippen molar-refractivity contribution in [1.29, 1.82) is 0 Å². The monoisotopic (exact) mass is 331 g/mol. The minimum atomic E-state index is -1.36. The Morgan fingerprint density at radius 1 is 1.36 bits per heavy atom. The fraction of sp³-hybridized carbons (Fsp3) is 0.500. The average molecular weight is 332 g/mol. The van der Waals surface area contributed by atoms with Crippen molar-refractivity contribution in [2.75, 3.05) is 6.61 Å². The van der Waals surface area contributed by atoms with Gasteiger partial charge in [-0.1, -0.05) is 23.7 Å². The number of carbonyl (C=O) groups excluding carboxylic acids is 1. The summed E-state index contributed by atoms with van der Waals surface area (Å²) in [6.45, 7) is 0.761. The molecule has 7 nitrogen and oxygen atoms in total. The van der Waals surface area contributed by atoms with E-state index >= 15 is 0 Å². The van der Waals surface area contributed by atoms with Crippen LogP contribution in [0.4, 0.5) is 0 Å². The maximum Gasteiger partial charge on any atom is 0.223 e. The molecular formula is C14H18ClNO6. The number of carbonyl (C=O) groups is 1. The van der Waals surface area contributed by atoms with E-state index in [0.29, 0.717) is 10.8 Å². The van der Waals surface area contributed by atoms with Gasteiger partial charge in [0, 0.05) is 6.92 Å². The van der Waals surface area contributed by atoms with Crippen LogP contribution in [0.1, 0.15) is 6.92 Å². The molecule has 0 aliphatic carbocycles. The SMILES string of the molecule is CC(=O)NC1C(Oc2ccccc2Cl)OC(CO)C(O)C1O. The van der Waals surface area contributed by atoms with Gasteiger partial charge in [-0.3, -0.25) is 4.79 Å². The molecule has 1 fully saturated rings. The molecule has 8 heteroatoms. The predicted molar refractivity (Wildman–Crippen MR) is 77.4 cm³/mol. The molecule has 0 spiro atoms. The van der Waals surface area contributed by atoms with Gasteiger partial charge in [-0.15, -0.1) is 0 Å². The highest BCUT2D eigenvalue weighted by Gasteiger charge is 2.46. The van der Waals surface area contributed by atoms with Gasteiger partial charge in [-0.2, -0.15) is 0 Å². The Labute approximate surface area is 132 Å². The first-order valence-corrected chi connectivity index (χ1v) is 7.12. The van der Waals surface area contributed by atoms with Crippen LogP contribution in [-0.2, 0) is 9.53 Å². The minimum absolute atomic E-state index is 0.296. The first kappa shape index (κ1) is 17.0. The first-order valence-electron chi connectivity index (χ1n) is 6.74. The lowest BCUT2D eigenvalue weighted by molar-refractivity contribution is -0.244. The molecule has 1 aromatic rings. The van der Waals surface area contributed by atoms with Gasteiger partial charge in [-0.05, 0) is 12.1 Å². The van der Waals surface area contributed by atoms with E-state index in [9.17, 15) is 20.1 Å². The number of halogens is 1. The smallest absolute Gasteiger partial charge is 0.223 e. The summed E-state index contributed by atoms with van der Waals surface area (Å²) in [7, 11) is 0. The molecule has 1 aliphatic heterocycles. The van der Waals surface area contributed by atoms with Crippen LogP contribution in [0.3, 0.4) is 0 Å². The highest BCUT2D eigenvalue weighted by molar-refractivity contribution is 6.32. The van der Waals surface area contributed by atoms with Gasteiger partial charge in [-0.25, -0.2) is 0 Å². The summed E-state index contributed by atoms with van der Waals surface area (Å²) in [5.74, 6) is -0.125. The summed E-state index contributed by atoms with van der Waals surface area (Å²) in [5, 5.41) is 32.0. The number of hydrogen-bond acceptors (Lipinski definition) is 6. The molecule has 5 unspecified atom stereocenters. The largest absolute Gasteiger partial charge is 0.461 e. The number of rotatable bonds is 4. The molecular weight excluding hydrogens is 314 g/mol. The van der Waals surface area contributed by atoms with E-state index in [1.807, 2.05) is 0 Å². The minimum Gasteiger partial charge on any atom is -0.461 e. The van der Waals surface area contributed by atoms with Crippen molar-refractivity contribution in [3.63, 3.8) is 0 Å². The Hall–Kier alpha value is -1.38. The van der Waals surface area contributed by atoms with Crippen molar-refractivity contribution in [1.82, 2.24) is 5.32 Å². The molecule has 1 saturated heterocycles. The Morgan fingerprint density at radius 3 is 2.64 bits per heavy atom. The lowest BCUT2D eigenvalue weighted by Gasteiger charge is -2.42. The van der Waals surface area contributed by atoms with Gasteiger partial charge in [0.1, 0.15) is 30.1 Å². The normalized spacial score (nSPS) is 31.6. The number of aliphatic hydroxyl groups excluding tert-OH is 3. The molecule has 2 rings (SSSR count). The summed E-state index contributed by atoms with van der Waals surface area (Å²) in [5.41, 5.74) is 0. The van der Waals surface area contributed by atoms with E-state index in [4.69, 9.17) is 21.1 Å². The Kier molecular flexibility index (Phi) is 5.60. The number of nitrogens with one attached hydrogen (secondary N) is 1. The molecule has 5 atom stereocenters. The van der Waals surface area contributed by atoms with Crippen LogP contribution in [0.25, 0.3) is 0 Å².